The highest BCUT2D eigenvalue weighted by Gasteiger charge is 2.16. The summed E-state index contributed by atoms with van der Waals surface area (Å²) in [5.41, 5.74) is 2.57. The van der Waals surface area contributed by atoms with Gasteiger partial charge in [-0.15, -0.1) is 0 Å². The minimum atomic E-state index is -0.617. The molecule has 0 saturated carbocycles. The summed E-state index contributed by atoms with van der Waals surface area (Å²) in [4.78, 5) is 27.3. The molecule has 0 bridgehead atoms. The summed E-state index contributed by atoms with van der Waals surface area (Å²) in [7, 11) is 0. The molecule has 3 rings (SSSR count). The number of nitrogens with zero attached hydrogens (tertiary/aromatic N) is 2. The zero-order valence-electron chi connectivity index (χ0n) is 12.2. The normalized spacial score (nSPS) is 13.7. The summed E-state index contributed by atoms with van der Waals surface area (Å²) >= 11 is 0. The van der Waals surface area contributed by atoms with Crippen LogP contribution in [0.25, 0.3) is 0 Å². The van der Waals surface area contributed by atoms with Crippen molar-refractivity contribution in [1.29, 1.82) is 0 Å². The number of carbonyl (C=O) groups is 1. The Bertz CT molecular complexity index is 707. The van der Waals surface area contributed by atoms with Crippen LogP contribution in [0.2, 0.25) is 0 Å². The van der Waals surface area contributed by atoms with Crippen LogP contribution in [0.15, 0.2) is 33.6 Å². The zero-order valence-corrected chi connectivity index (χ0v) is 12.2. The second kappa shape index (κ2) is 6.46. The summed E-state index contributed by atoms with van der Waals surface area (Å²) in [6.45, 7) is 1.82. The van der Waals surface area contributed by atoms with Crippen molar-refractivity contribution in [2.24, 2.45) is 0 Å². The predicted molar refractivity (Wildman–Crippen MR) is 80.6 cm³/mol. The maximum absolute atomic E-state index is 11.9. The summed E-state index contributed by atoms with van der Waals surface area (Å²) in [5.74, 6) is -0.372. The molecule has 1 aromatic heterocycles. The highest BCUT2D eigenvalue weighted by molar-refractivity contribution is 5.76. The number of H-pyrrole nitrogens is 1. The number of aromatic amines is 1. The Balaban J connectivity index is 1.50. The quantitative estimate of drug-likeness (QED) is 0.853. The monoisotopic (exact) mass is 302 g/mol. The van der Waals surface area contributed by atoms with Gasteiger partial charge in [-0.25, -0.2) is 4.79 Å². The van der Waals surface area contributed by atoms with Gasteiger partial charge in [0.15, 0.2) is 5.82 Å². The Morgan fingerprint density at radius 2 is 2.27 bits per heavy atom. The van der Waals surface area contributed by atoms with Crippen LogP contribution >= 0.6 is 0 Å². The molecule has 7 heteroatoms. The topological polar surface area (TPSA) is 91.2 Å². The third-order valence-electron chi connectivity index (χ3n) is 3.75. The average molecular weight is 302 g/mol. The molecule has 7 nitrogen and oxygen atoms in total. The van der Waals surface area contributed by atoms with Crippen molar-refractivity contribution < 1.29 is 9.32 Å². The first-order chi connectivity index (χ1) is 10.7. The van der Waals surface area contributed by atoms with E-state index in [2.05, 4.69) is 37.0 Å². The highest BCUT2D eigenvalue weighted by atomic mass is 16.5. The van der Waals surface area contributed by atoms with Gasteiger partial charge in [-0.05, 0) is 24.5 Å². The first-order valence-corrected chi connectivity index (χ1v) is 7.37. The number of para-hydroxylation sites is 1. The van der Waals surface area contributed by atoms with Crippen LogP contribution in [0, 0.1) is 0 Å². The molecule has 1 amide bonds. The molecule has 2 aromatic rings. The number of hydrogen-bond donors (Lipinski definition) is 2. The van der Waals surface area contributed by atoms with E-state index in [1.54, 1.807) is 0 Å². The maximum atomic E-state index is 11.9. The number of anilines is 1. The summed E-state index contributed by atoms with van der Waals surface area (Å²) in [5, 5.41) is 6.22. The second-order valence-corrected chi connectivity index (χ2v) is 5.29. The number of fused-ring (bicyclic) bond motifs is 1. The van der Waals surface area contributed by atoms with E-state index in [1.807, 2.05) is 12.1 Å². The number of aryl methyl sites for hydroxylation is 1. The number of carbonyl (C=O) groups excluding carboxylic acids is 1. The van der Waals surface area contributed by atoms with Gasteiger partial charge >= 0.3 is 5.76 Å². The Kier molecular flexibility index (Phi) is 4.22. The van der Waals surface area contributed by atoms with Crippen LogP contribution in [0.5, 0.6) is 0 Å². The summed E-state index contributed by atoms with van der Waals surface area (Å²) in [6, 6.07) is 8.32. The van der Waals surface area contributed by atoms with Gasteiger partial charge in [0.2, 0.25) is 5.91 Å². The fourth-order valence-corrected chi connectivity index (χ4v) is 2.69. The minimum Gasteiger partial charge on any atom is -0.371 e. The average Bonchev–Trinajstić information content (AvgIpc) is 2.96. The Morgan fingerprint density at radius 3 is 3.09 bits per heavy atom. The predicted octanol–water partition coefficient (Wildman–Crippen LogP) is 0.822. The van der Waals surface area contributed by atoms with Gasteiger partial charge in [0.25, 0.3) is 0 Å². The van der Waals surface area contributed by atoms with E-state index < -0.39 is 5.76 Å². The van der Waals surface area contributed by atoms with E-state index in [0.717, 1.165) is 19.4 Å². The van der Waals surface area contributed by atoms with E-state index in [-0.39, 0.29) is 12.5 Å². The molecule has 0 radical (unpaired) electrons. The van der Waals surface area contributed by atoms with Gasteiger partial charge in [0, 0.05) is 25.2 Å². The molecule has 0 aliphatic carbocycles. The largest absolute Gasteiger partial charge is 0.438 e. The molecule has 0 unspecified atom stereocenters. The van der Waals surface area contributed by atoms with Crippen molar-refractivity contribution in [3.8, 4) is 0 Å². The number of aromatic nitrogens is 2. The number of hydrogen-bond acceptors (Lipinski definition) is 5. The molecule has 0 spiro atoms. The number of nitrogens with one attached hydrogen (secondary N) is 2. The SMILES string of the molecule is O=C(CCN1CCCc2ccccc21)NCc1noc(=O)[nH]1. The molecular formula is C15H18N4O3. The third-order valence-corrected chi connectivity index (χ3v) is 3.75. The number of benzene rings is 1. The van der Waals surface area contributed by atoms with E-state index >= 15 is 0 Å². The van der Waals surface area contributed by atoms with Gasteiger partial charge in [0.05, 0.1) is 6.54 Å². The fourth-order valence-electron chi connectivity index (χ4n) is 2.69. The molecule has 22 heavy (non-hydrogen) atoms. The number of amides is 1. The van der Waals surface area contributed by atoms with Crippen LogP contribution in [0.3, 0.4) is 0 Å². The molecule has 0 atom stereocenters. The Labute approximate surface area is 127 Å². The molecule has 2 N–H and O–H groups in total. The number of rotatable bonds is 5. The van der Waals surface area contributed by atoms with Gasteiger partial charge < -0.3 is 10.2 Å². The van der Waals surface area contributed by atoms with Crippen molar-refractivity contribution >= 4 is 11.6 Å². The van der Waals surface area contributed by atoms with Gasteiger partial charge in [-0.3, -0.25) is 14.3 Å². The van der Waals surface area contributed by atoms with E-state index in [9.17, 15) is 9.59 Å². The lowest BCUT2D eigenvalue weighted by atomic mass is 10.0. The molecule has 0 fully saturated rings. The lowest BCUT2D eigenvalue weighted by molar-refractivity contribution is -0.121. The molecular weight excluding hydrogens is 284 g/mol. The van der Waals surface area contributed by atoms with Crippen molar-refractivity contribution in [3.05, 3.63) is 46.2 Å². The first kappa shape index (κ1) is 14.4. The van der Waals surface area contributed by atoms with Crippen LogP contribution < -0.4 is 16.0 Å². The standard InChI is InChI=1S/C15H18N4O3/c20-14(16-10-13-17-15(21)22-18-13)7-9-19-8-3-5-11-4-1-2-6-12(11)19/h1-2,4,6H,3,5,7-10H2,(H,16,20)(H,17,18,21). The van der Waals surface area contributed by atoms with Crippen LogP contribution in [0.4, 0.5) is 5.69 Å². The highest BCUT2D eigenvalue weighted by Crippen LogP contribution is 2.26. The maximum Gasteiger partial charge on any atom is 0.438 e. The van der Waals surface area contributed by atoms with Crippen molar-refractivity contribution in [2.45, 2.75) is 25.8 Å². The zero-order chi connectivity index (χ0) is 15.4. The van der Waals surface area contributed by atoms with Crippen molar-refractivity contribution in [2.75, 3.05) is 18.0 Å². The van der Waals surface area contributed by atoms with Gasteiger partial charge in [-0.1, -0.05) is 23.4 Å². The lowest BCUT2D eigenvalue weighted by Crippen LogP contribution is -2.34. The molecule has 1 aliphatic rings. The summed E-state index contributed by atoms with van der Waals surface area (Å²) in [6.07, 6.45) is 2.60. The van der Waals surface area contributed by atoms with Crippen LogP contribution in [-0.2, 0) is 17.8 Å². The Morgan fingerprint density at radius 1 is 1.41 bits per heavy atom. The van der Waals surface area contributed by atoms with Gasteiger partial charge in [-0.2, -0.15) is 0 Å². The van der Waals surface area contributed by atoms with E-state index in [4.69, 9.17) is 0 Å². The minimum absolute atomic E-state index is 0.0769. The first-order valence-electron chi connectivity index (χ1n) is 7.37. The van der Waals surface area contributed by atoms with Crippen LogP contribution in [0.1, 0.15) is 24.2 Å². The second-order valence-electron chi connectivity index (χ2n) is 5.29. The van der Waals surface area contributed by atoms with Crippen molar-refractivity contribution in [3.63, 3.8) is 0 Å². The molecule has 1 aliphatic heterocycles. The summed E-state index contributed by atoms with van der Waals surface area (Å²) < 4.78 is 4.37. The smallest absolute Gasteiger partial charge is 0.371 e. The van der Waals surface area contributed by atoms with E-state index in [0.29, 0.717) is 18.8 Å². The van der Waals surface area contributed by atoms with Crippen molar-refractivity contribution in [1.82, 2.24) is 15.5 Å². The van der Waals surface area contributed by atoms with E-state index in [1.165, 1.54) is 11.3 Å². The lowest BCUT2D eigenvalue weighted by Gasteiger charge is -2.31. The van der Waals surface area contributed by atoms with Crippen LogP contribution in [-0.4, -0.2) is 29.1 Å². The Hall–Kier alpha value is -2.57. The third kappa shape index (κ3) is 3.36. The fraction of sp³-hybridized carbons (Fsp3) is 0.400. The molecule has 2 heterocycles. The molecule has 0 saturated heterocycles. The molecule has 116 valence electrons. The van der Waals surface area contributed by atoms with Gasteiger partial charge in [0.1, 0.15) is 0 Å². The molecule has 1 aromatic carbocycles.